The molecule has 1 nitrogen and oxygen atoms in total. The summed E-state index contributed by atoms with van der Waals surface area (Å²) in [5.41, 5.74) is 24.5. The maximum Gasteiger partial charge on any atom is 0.0714 e. The van der Waals surface area contributed by atoms with Gasteiger partial charge in [0.2, 0.25) is 0 Å². The van der Waals surface area contributed by atoms with Gasteiger partial charge in [-0.2, -0.15) is 0 Å². The van der Waals surface area contributed by atoms with E-state index in [1.54, 1.807) is 0 Å². The number of nitrogens with zero attached hydrogens (tertiary/aromatic N) is 1. The molecule has 0 spiro atoms. The Morgan fingerprint density at radius 3 is 0.792 bits per heavy atom. The van der Waals surface area contributed by atoms with E-state index in [0.29, 0.717) is 29.6 Å². The molecule has 0 aromatic heterocycles. The Bertz CT molecular complexity index is 3090. The van der Waals surface area contributed by atoms with Gasteiger partial charge >= 0.3 is 0 Å². The van der Waals surface area contributed by atoms with E-state index in [0.717, 1.165) is 17.1 Å². The van der Waals surface area contributed by atoms with Crippen LogP contribution in [0.4, 0.5) is 17.1 Å². The first kappa shape index (κ1) is 47.1. The van der Waals surface area contributed by atoms with Crippen LogP contribution >= 0.6 is 0 Å². The highest BCUT2D eigenvalue weighted by atomic mass is 15.1. The van der Waals surface area contributed by atoms with Crippen molar-refractivity contribution in [1.29, 1.82) is 0 Å². The minimum atomic E-state index is -0.556. The molecular weight excluding hydrogens is 867 g/mol. The van der Waals surface area contributed by atoms with Crippen LogP contribution in [-0.4, -0.2) is 0 Å². The van der Waals surface area contributed by atoms with E-state index in [9.17, 15) is 0 Å². The molecular formula is C71H69N. The summed E-state index contributed by atoms with van der Waals surface area (Å²) >= 11 is 0. The van der Waals surface area contributed by atoms with Gasteiger partial charge in [0.1, 0.15) is 0 Å². The molecule has 0 atom stereocenters. The number of hydrogen-bond acceptors (Lipinski definition) is 1. The molecule has 0 unspecified atom stereocenters. The van der Waals surface area contributed by atoms with Gasteiger partial charge in [-0.15, -0.1) is 0 Å². The van der Waals surface area contributed by atoms with E-state index in [4.69, 9.17) is 0 Å². The van der Waals surface area contributed by atoms with Gasteiger partial charge in [0.05, 0.1) is 10.8 Å². The highest BCUT2D eigenvalue weighted by Crippen LogP contribution is 2.60. The first-order chi connectivity index (χ1) is 34.8. The number of rotatable bonds is 12. The fourth-order valence-corrected chi connectivity index (χ4v) is 12.3. The van der Waals surface area contributed by atoms with E-state index in [1.807, 2.05) is 0 Å². The van der Waals surface area contributed by atoms with Crippen LogP contribution in [0.3, 0.4) is 0 Å². The molecule has 72 heavy (non-hydrogen) atoms. The molecule has 2 aliphatic carbocycles. The molecule has 1 heteroatoms. The topological polar surface area (TPSA) is 3.24 Å². The highest BCUT2D eigenvalue weighted by Gasteiger charge is 2.48. The molecule has 0 amide bonds. The Balaban J connectivity index is 1.18. The lowest BCUT2D eigenvalue weighted by atomic mass is 9.67. The maximum absolute atomic E-state index is 2.53. The maximum atomic E-state index is 2.53. The van der Waals surface area contributed by atoms with Gasteiger partial charge in [-0.25, -0.2) is 0 Å². The molecule has 2 aliphatic rings. The van der Waals surface area contributed by atoms with Crippen LogP contribution in [0.5, 0.6) is 0 Å². The van der Waals surface area contributed by atoms with Gasteiger partial charge in [-0.05, 0) is 161 Å². The fraction of sp³-hybridized carbons (Fsp3) is 0.239. The molecule has 0 aliphatic heterocycles. The average molecular weight is 936 g/mol. The van der Waals surface area contributed by atoms with Gasteiger partial charge in [0.25, 0.3) is 0 Å². The summed E-state index contributed by atoms with van der Waals surface area (Å²) in [5, 5.41) is 0. The zero-order valence-electron chi connectivity index (χ0n) is 44.0. The predicted octanol–water partition coefficient (Wildman–Crippen LogP) is 19.5. The minimum absolute atomic E-state index is 0.416. The van der Waals surface area contributed by atoms with Crippen molar-refractivity contribution in [3.8, 4) is 22.3 Å². The summed E-state index contributed by atoms with van der Waals surface area (Å²) in [5.74, 6) is 2.15. The molecule has 0 bridgehead atoms. The molecule has 9 aromatic rings. The van der Waals surface area contributed by atoms with E-state index in [1.165, 1.54) is 94.6 Å². The van der Waals surface area contributed by atoms with E-state index in [2.05, 4.69) is 280 Å². The van der Waals surface area contributed by atoms with Crippen LogP contribution in [0.25, 0.3) is 22.3 Å². The summed E-state index contributed by atoms with van der Waals surface area (Å²) < 4.78 is 0. The van der Waals surface area contributed by atoms with Crippen molar-refractivity contribution in [2.75, 3.05) is 4.90 Å². The Hall–Kier alpha value is -7.22. The molecule has 0 radical (unpaired) electrons. The van der Waals surface area contributed by atoms with Crippen LogP contribution in [0, 0.1) is 0 Å². The lowest BCUT2D eigenvalue weighted by Crippen LogP contribution is -2.29. The van der Waals surface area contributed by atoms with E-state index >= 15 is 0 Å². The SMILES string of the molecule is CC(C)c1ccc(N(c2ccc3c(c2)C(c2ccc(C(C)C)cc2)(c2ccc(C(C)C)cc2)c2ccccc2-3)c2ccc3c(c2)C(c2ccc(C(C)C)cc2)(c2ccc(C(C)C)cc2)c2ccccc2-3)cc1. The van der Waals surface area contributed by atoms with Gasteiger partial charge in [0.15, 0.2) is 0 Å². The fourth-order valence-electron chi connectivity index (χ4n) is 12.3. The van der Waals surface area contributed by atoms with Crippen molar-refractivity contribution in [1.82, 2.24) is 0 Å². The Morgan fingerprint density at radius 1 is 0.250 bits per heavy atom. The van der Waals surface area contributed by atoms with Crippen LogP contribution in [-0.2, 0) is 10.8 Å². The van der Waals surface area contributed by atoms with Crippen LogP contribution in [0.2, 0.25) is 0 Å². The van der Waals surface area contributed by atoms with Crippen molar-refractivity contribution < 1.29 is 0 Å². The van der Waals surface area contributed by atoms with E-state index in [-0.39, 0.29) is 0 Å². The average Bonchev–Trinajstić information content (AvgIpc) is 3.87. The summed E-state index contributed by atoms with van der Waals surface area (Å²) in [6, 6.07) is 80.4. The summed E-state index contributed by atoms with van der Waals surface area (Å²) in [7, 11) is 0. The van der Waals surface area contributed by atoms with Crippen LogP contribution in [0.15, 0.2) is 206 Å². The highest BCUT2D eigenvalue weighted by molar-refractivity contribution is 5.92. The van der Waals surface area contributed by atoms with Crippen molar-refractivity contribution in [2.24, 2.45) is 0 Å². The lowest BCUT2D eigenvalue weighted by molar-refractivity contribution is 0.761. The molecule has 9 aromatic carbocycles. The van der Waals surface area contributed by atoms with Crippen molar-refractivity contribution in [3.63, 3.8) is 0 Å². The molecule has 0 N–H and O–H groups in total. The Kier molecular flexibility index (Phi) is 12.1. The van der Waals surface area contributed by atoms with Crippen molar-refractivity contribution >= 4 is 17.1 Å². The second-order valence-electron chi connectivity index (χ2n) is 22.2. The zero-order chi connectivity index (χ0) is 50.1. The third kappa shape index (κ3) is 7.50. The molecule has 358 valence electrons. The number of anilines is 3. The largest absolute Gasteiger partial charge is 0.310 e. The van der Waals surface area contributed by atoms with Crippen molar-refractivity contribution in [2.45, 2.75) is 110 Å². The smallest absolute Gasteiger partial charge is 0.0714 e. The van der Waals surface area contributed by atoms with Gasteiger partial charge < -0.3 is 4.90 Å². The normalized spacial score (nSPS) is 14.0. The minimum Gasteiger partial charge on any atom is -0.310 e. The molecule has 0 saturated carbocycles. The third-order valence-corrected chi connectivity index (χ3v) is 16.4. The zero-order valence-corrected chi connectivity index (χ0v) is 44.0. The number of fused-ring (bicyclic) bond motifs is 6. The van der Waals surface area contributed by atoms with Crippen molar-refractivity contribution in [3.05, 3.63) is 279 Å². The monoisotopic (exact) mass is 936 g/mol. The second kappa shape index (κ2) is 18.4. The Morgan fingerprint density at radius 2 is 0.500 bits per heavy atom. The van der Waals surface area contributed by atoms with Gasteiger partial charge in [-0.1, -0.05) is 239 Å². The molecule has 0 fully saturated rings. The third-order valence-electron chi connectivity index (χ3n) is 16.4. The van der Waals surface area contributed by atoms with Crippen LogP contribution < -0.4 is 4.90 Å². The quantitative estimate of drug-likeness (QED) is 0.118. The molecule has 0 heterocycles. The standard InChI is InChI=1S/C71H69N/c1-45(2)50-19-29-55(30-20-50)70(56-31-21-51(22-32-56)46(3)4)66-17-13-11-15-62(66)64-41-39-60(43-68(64)70)72(59-37-27-54(28-38-59)49(9)10)61-40-42-65-63-16-12-14-18-67(63)71(69(65)44-61,57-33-23-52(24-34-57)47(5)6)58-35-25-53(26-36-58)48(7)8/h11-49H,1-10H3. The first-order valence-electron chi connectivity index (χ1n) is 26.6. The summed E-state index contributed by atoms with van der Waals surface area (Å²) in [6.07, 6.45) is 0. The van der Waals surface area contributed by atoms with E-state index < -0.39 is 10.8 Å². The lowest BCUT2D eigenvalue weighted by Gasteiger charge is -2.36. The van der Waals surface area contributed by atoms with Gasteiger partial charge in [-0.3, -0.25) is 0 Å². The van der Waals surface area contributed by atoms with Crippen LogP contribution in [0.1, 0.15) is 171 Å². The predicted molar refractivity (Wildman–Crippen MR) is 306 cm³/mol. The second-order valence-corrected chi connectivity index (χ2v) is 22.2. The Labute approximate surface area is 430 Å². The summed E-state index contributed by atoms with van der Waals surface area (Å²) in [6.45, 7) is 22.9. The molecule has 11 rings (SSSR count). The molecule has 0 saturated heterocycles. The van der Waals surface area contributed by atoms with Gasteiger partial charge in [0, 0.05) is 17.1 Å². The number of benzene rings is 9. The summed E-state index contributed by atoms with van der Waals surface area (Å²) in [4.78, 5) is 2.53. The number of hydrogen-bond donors (Lipinski definition) is 0. The first-order valence-corrected chi connectivity index (χ1v) is 26.6.